The normalized spacial score (nSPS) is 12.6. The third-order valence-electron chi connectivity index (χ3n) is 6.70. The summed E-state index contributed by atoms with van der Waals surface area (Å²) in [5, 5.41) is 7.00. The van der Waals surface area contributed by atoms with Gasteiger partial charge in [-0.25, -0.2) is 0 Å². The number of nitrogens with one attached hydrogen (secondary N) is 2. The molecule has 222 valence electrons. The van der Waals surface area contributed by atoms with Crippen LogP contribution in [0.3, 0.4) is 0 Å². The van der Waals surface area contributed by atoms with Crippen LogP contribution in [0.2, 0.25) is 0 Å². The second kappa shape index (κ2) is 21.9. The van der Waals surface area contributed by atoms with E-state index in [1.807, 2.05) is 36.4 Å². The topological polar surface area (TPSA) is 102 Å². The summed E-state index contributed by atoms with van der Waals surface area (Å²) in [6.45, 7) is 6.53. The highest BCUT2D eigenvalue weighted by molar-refractivity contribution is 5.70. The Kier molecular flexibility index (Phi) is 18.3. The molecule has 2 N–H and O–H groups in total. The number of hydrogen-bond acceptors (Lipinski definition) is 8. The van der Waals surface area contributed by atoms with Gasteiger partial charge in [0, 0.05) is 61.8 Å². The number of aromatic nitrogens is 2. The van der Waals surface area contributed by atoms with Gasteiger partial charge in [-0.15, -0.1) is 0 Å². The third kappa shape index (κ3) is 16.3. The van der Waals surface area contributed by atoms with Crippen LogP contribution in [-0.2, 0) is 31.9 Å². The first-order chi connectivity index (χ1) is 19.6. The third-order valence-corrected chi connectivity index (χ3v) is 6.70. The second-order valence-electron chi connectivity index (χ2n) is 10.3. The van der Waals surface area contributed by atoms with Gasteiger partial charge in [0.15, 0.2) is 0 Å². The van der Waals surface area contributed by atoms with E-state index in [0.717, 1.165) is 62.8 Å². The van der Waals surface area contributed by atoms with Gasteiger partial charge in [0.25, 0.3) is 0 Å². The van der Waals surface area contributed by atoms with Gasteiger partial charge >= 0.3 is 11.9 Å². The van der Waals surface area contributed by atoms with Crippen LogP contribution < -0.4 is 10.6 Å². The minimum atomic E-state index is -0.187. The van der Waals surface area contributed by atoms with Gasteiger partial charge in [-0.2, -0.15) is 0 Å². The van der Waals surface area contributed by atoms with Gasteiger partial charge < -0.3 is 20.1 Å². The van der Waals surface area contributed by atoms with Crippen LogP contribution in [0.15, 0.2) is 48.8 Å². The first-order valence-electron chi connectivity index (χ1n) is 15.2. The van der Waals surface area contributed by atoms with E-state index < -0.39 is 0 Å². The number of carbonyl (C=O) groups excluding carboxylic acids is 2. The zero-order valence-corrected chi connectivity index (χ0v) is 24.6. The minimum absolute atomic E-state index is 0.0952. The molecule has 0 aliphatic carbocycles. The Balaban J connectivity index is 1.86. The highest BCUT2D eigenvalue weighted by atomic mass is 16.5. The summed E-state index contributed by atoms with van der Waals surface area (Å²) >= 11 is 0. The fourth-order valence-corrected chi connectivity index (χ4v) is 4.48. The van der Waals surface area contributed by atoms with Crippen LogP contribution in [0.4, 0.5) is 0 Å². The molecule has 2 unspecified atom stereocenters. The Morgan fingerprint density at radius 2 is 1.12 bits per heavy atom. The number of unbranched alkanes of at least 4 members (excludes halogenated alkanes) is 6. The number of pyridine rings is 2. The first-order valence-corrected chi connectivity index (χ1v) is 15.2. The number of carbonyl (C=O) groups is 2. The Labute approximate surface area is 241 Å². The number of hydrogen-bond donors (Lipinski definition) is 2. The molecule has 0 fully saturated rings. The van der Waals surface area contributed by atoms with Gasteiger partial charge in [-0.3, -0.25) is 19.6 Å². The Bertz CT molecular complexity index is 838. The minimum Gasteiger partial charge on any atom is -0.466 e. The maximum Gasteiger partial charge on any atom is 0.307 e. The van der Waals surface area contributed by atoms with E-state index in [1.165, 1.54) is 0 Å². The van der Waals surface area contributed by atoms with Crippen LogP contribution in [0.25, 0.3) is 0 Å². The summed E-state index contributed by atoms with van der Waals surface area (Å²) in [5.74, 6) is -0.375. The highest BCUT2D eigenvalue weighted by Crippen LogP contribution is 2.08. The van der Waals surface area contributed by atoms with Crippen molar-refractivity contribution in [3.8, 4) is 0 Å². The van der Waals surface area contributed by atoms with Crippen LogP contribution in [-0.4, -0.2) is 60.3 Å². The van der Waals surface area contributed by atoms with E-state index in [1.54, 1.807) is 12.4 Å². The molecule has 2 aromatic heterocycles. The summed E-state index contributed by atoms with van der Waals surface area (Å²) in [5.41, 5.74) is 1.86. The first kappa shape index (κ1) is 33.4. The molecule has 0 aromatic carbocycles. The second-order valence-corrected chi connectivity index (χ2v) is 10.3. The summed E-state index contributed by atoms with van der Waals surface area (Å²) in [6, 6.07) is 11.4. The lowest BCUT2D eigenvalue weighted by molar-refractivity contribution is -0.145. The molecule has 40 heavy (non-hydrogen) atoms. The molecule has 0 amide bonds. The van der Waals surface area contributed by atoms with Gasteiger partial charge in [0.1, 0.15) is 0 Å². The van der Waals surface area contributed by atoms with Gasteiger partial charge in [-0.1, -0.05) is 64.5 Å². The van der Waals surface area contributed by atoms with Crippen LogP contribution >= 0.6 is 0 Å². The predicted molar refractivity (Wildman–Crippen MR) is 159 cm³/mol. The molecule has 0 radical (unpaired) electrons. The van der Waals surface area contributed by atoms with Crippen LogP contribution in [0.5, 0.6) is 0 Å². The van der Waals surface area contributed by atoms with E-state index in [4.69, 9.17) is 9.47 Å². The zero-order chi connectivity index (χ0) is 28.7. The molecule has 0 spiro atoms. The Morgan fingerprint density at radius 1 is 0.675 bits per heavy atom. The molecule has 2 atom stereocenters. The average Bonchev–Trinajstić information content (AvgIpc) is 2.96. The summed E-state index contributed by atoms with van der Waals surface area (Å²) in [6.07, 6.45) is 14.0. The fraction of sp³-hybridized carbons (Fsp3) is 0.625. The molecular formula is C32H50N4O4. The molecule has 0 saturated carbocycles. The molecule has 8 heteroatoms. The van der Waals surface area contributed by atoms with Crippen molar-refractivity contribution in [2.24, 2.45) is 0 Å². The van der Waals surface area contributed by atoms with Crippen molar-refractivity contribution in [3.05, 3.63) is 60.2 Å². The smallest absolute Gasteiger partial charge is 0.307 e. The molecule has 0 aliphatic heterocycles. The van der Waals surface area contributed by atoms with E-state index in [-0.39, 0.29) is 36.9 Å². The van der Waals surface area contributed by atoms with E-state index >= 15 is 0 Å². The SMILES string of the molecule is CCCCCCOC(=O)CC(Cc1ccccn1)NCCNC(CC(=O)OCCCCCC)Cc1ccccn1. The van der Waals surface area contributed by atoms with Crippen molar-refractivity contribution in [2.75, 3.05) is 26.3 Å². The quantitative estimate of drug-likeness (QED) is 0.143. The summed E-state index contributed by atoms with van der Waals surface area (Å²) < 4.78 is 11.0. The number of esters is 2. The monoisotopic (exact) mass is 554 g/mol. The Hall–Kier alpha value is -2.84. The van der Waals surface area contributed by atoms with Crippen LogP contribution in [0, 0.1) is 0 Å². The van der Waals surface area contributed by atoms with E-state index in [2.05, 4.69) is 34.4 Å². The maximum atomic E-state index is 12.5. The van der Waals surface area contributed by atoms with Crippen molar-refractivity contribution in [1.29, 1.82) is 0 Å². The van der Waals surface area contributed by atoms with Crippen molar-refractivity contribution in [1.82, 2.24) is 20.6 Å². The maximum absolute atomic E-state index is 12.5. The number of ether oxygens (including phenoxy) is 2. The van der Waals surface area contributed by atoms with Gasteiger partial charge in [0.2, 0.25) is 0 Å². The number of rotatable bonds is 23. The lowest BCUT2D eigenvalue weighted by Crippen LogP contribution is -2.42. The molecule has 2 rings (SSSR count). The highest BCUT2D eigenvalue weighted by Gasteiger charge is 2.18. The van der Waals surface area contributed by atoms with E-state index in [0.29, 0.717) is 39.1 Å². The largest absolute Gasteiger partial charge is 0.466 e. The lowest BCUT2D eigenvalue weighted by atomic mass is 10.1. The fourth-order valence-electron chi connectivity index (χ4n) is 4.48. The molecule has 0 saturated heterocycles. The number of nitrogens with zero attached hydrogens (tertiary/aromatic N) is 2. The Morgan fingerprint density at radius 3 is 1.50 bits per heavy atom. The van der Waals surface area contributed by atoms with Crippen molar-refractivity contribution in [2.45, 2.75) is 103 Å². The molecular weight excluding hydrogens is 504 g/mol. The van der Waals surface area contributed by atoms with Crippen molar-refractivity contribution >= 4 is 11.9 Å². The molecule has 2 aromatic rings. The average molecular weight is 555 g/mol. The lowest BCUT2D eigenvalue weighted by Gasteiger charge is -2.21. The zero-order valence-electron chi connectivity index (χ0n) is 24.6. The van der Waals surface area contributed by atoms with Gasteiger partial charge in [-0.05, 0) is 37.1 Å². The molecule has 2 heterocycles. The summed E-state index contributed by atoms with van der Waals surface area (Å²) in [7, 11) is 0. The van der Waals surface area contributed by atoms with E-state index in [9.17, 15) is 9.59 Å². The molecule has 0 aliphatic rings. The van der Waals surface area contributed by atoms with Crippen LogP contribution in [0.1, 0.15) is 89.4 Å². The molecule has 0 bridgehead atoms. The predicted octanol–water partition coefficient (Wildman–Crippen LogP) is 5.21. The van der Waals surface area contributed by atoms with Crippen molar-refractivity contribution in [3.63, 3.8) is 0 Å². The molecule has 8 nitrogen and oxygen atoms in total. The standard InChI is InChI=1S/C32H50N4O4/c1-3-5-7-13-21-39-31(37)25-29(23-27-15-9-11-17-33-27)35-19-20-36-30(24-28-16-10-12-18-34-28)26-32(38)40-22-14-8-6-4-2/h9-12,15-18,29-30,35-36H,3-8,13-14,19-26H2,1-2H3. The van der Waals surface area contributed by atoms with Crippen molar-refractivity contribution < 1.29 is 19.1 Å². The van der Waals surface area contributed by atoms with Gasteiger partial charge in [0.05, 0.1) is 26.1 Å². The summed E-state index contributed by atoms with van der Waals surface area (Å²) in [4.78, 5) is 33.9.